The predicted molar refractivity (Wildman–Crippen MR) is 209 cm³/mol. The third kappa shape index (κ3) is 7.12. The van der Waals surface area contributed by atoms with Gasteiger partial charge in [-0.1, -0.05) is 60.7 Å². The highest BCUT2D eigenvalue weighted by atomic mass is 16.5. The molecule has 0 unspecified atom stereocenters. The van der Waals surface area contributed by atoms with Gasteiger partial charge in [0, 0.05) is 13.1 Å². The second-order valence-corrected chi connectivity index (χ2v) is 12.4. The van der Waals surface area contributed by atoms with E-state index in [1.807, 2.05) is 69.8 Å². The van der Waals surface area contributed by atoms with Crippen LogP contribution in [0, 0.1) is 0 Å². The second-order valence-electron chi connectivity index (χ2n) is 12.4. The summed E-state index contributed by atoms with van der Waals surface area (Å²) in [4.78, 5) is 55.4. The summed E-state index contributed by atoms with van der Waals surface area (Å²) in [5, 5.41) is 0. The van der Waals surface area contributed by atoms with E-state index in [4.69, 9.17) is 28.4 Å². The minimum atomic E-state index is -0.752. The maximum atomic E-state index is 13.9. The Hall–Kier alpha value is -7.08. The van der Waals surface area contributed by atoms with Crippen molar-refractivity contribution in [2.75, 3.05) is 42.7 Å². The highest BCUT2D eigenvalue weighted by Gasteiger charge is 2.36. The van der Waals surface area contributed by atoms with Crippen LogP contribution < -0.4 is 9.47 Å². The Labute approximate surface area is 323 Å². The van der Waals surface area contributed by atoms with Crippen molar-refractivity contribution in [3.05, 3.63) is 131 Å². The first kappa shape index (κ1) is 38.6. The number of esters is 4. The van der Waals surface area contributed by atoms with Crippen molar-refractivity contribution in [3.8, 4) is 56.5 Å². The summed E-state index contributed by atoms with van der Waals surface area (Å²) >= 11 is 0. The topological polar surface area (TPSA) is 134 Å². The third-order valence-corrected chi connectivity index (χ3v) is 9.45. The maximum Gasteiger partial charge on any atom is 0.340 e. The minimum absolute atomic E-state index is 0.0000336. The molecule has 6 aromatic rings. The van der Waals surface area contributed by atoms with E-state index in [9.17, 15) is 19.2 Å². The number of hydrogen-bond acceptors (Lipinski definition) is 10. The van der Waals surface area contributed by atoms with Crippen LogP contribution >= 0.6 is 0 Å². The molecule has 0 N–H and O–H groups in total. The van der Waals surface area contributed by atoms with Gasteiger partial charge in [-0.2, -0.15) is 0 Å². The number of nitrogens with zero attached hydrogens (tertiary/aromatic N) is 2. The molecule has 2 aromatic heterocycles. The Balaban J connectivity index is 1.73. The molecular formula is C44H40N2O10. The van der Waals surface area contributed by atoms with Crippen LogP contribution in [-0.2, 0) is 32.0 Å². The molecule has 0 amide bonds. The zero-order valence-corrected chi connectivity index (χ0v) is 31.8. The van der Waals surface area contributed by atoms with Gasteiger partial charge in [0.1, 0.15) is 33.8 Å². The first-order chi connectivity index (χ1) is 27.2. The van der Waals surface area contributed by atoms with Crippen LogP contribution in [0.1, 0.15) is 41.4 Å². The van der Waals surface area contributed by atoms with Gasteiger partial charge in [-0.25, -0.2) is 19.2 Å². The molecule has 12 nitrogen and oxygen atoms in total. The molecule has 56 heavy (non-hydrogen) atoms. The molecule has 0 aliphatic rings. The minimum Gasteiger partial charge on any atom is -0.497 e. The van der Waals surface area contributed by atoms with Crippen LogP contribution in [0.15, 0.2) is 109 Å². The Morgan fingerprint density at radius 2 is 0.625 bits per heavy atom. The van der Waals surface area contributed by atoms with Crippen LogP contribution in [0.2, 0.25) is 0 Å². The molecule has 0 saturated heterocycles. The Morgan fingerprint density at radius 1 is 0.375 bits per heavy atom. The van der Waals surface area contributed by atoms with E-state index >= 15 is 0 Å². The molecule has 2 heterocycles. The molecule has 6 rings (SSSR count). The van der Waals surface area contributed by atoms with Gasteiger partial charge in [-0.05, 0) is 70.8 Å². The van der Waals surface area contributed by atoms with Crippen molar-refractivity contribution in [3.63, 3.8) is 0 Å². The summed E-state index contributed by atoms with van der Waals surface area (Å²) in [6, 6.07) is 32.4. The number of carbonyl (C=O) groups excluding carboxylic acids is 4. The molecule has 4 aromatic carbocycles. The Kier molecular flexibility index (Phi) is 11.7. The summed E-state index contributed by atoms with van der Waals surface area (Å²) in [7, 11) is 8.09. The lowest BCUT2D eigenvalue weighted by molar-refractivity contribution is 0.0558. The van der Waals surface area contributed by atoms with Gasteiger partial charge in [-0.15, -0.1) is 0 Å². The molecule has 0 aliphatic carbocycles. The SMILES string of the molecule is COC(=O)c1c(C(=O)OC)c(-c2ccc(OC)cc2)n(CCn2c(-c3ccccc3)c(C(=O)OC)c(C(=O)OC)c2-c2ccc(OC)cc2)c1-c1ccccc1. The van der Waals surface area contributed by atoms with E-state index in [2.05, 4.69) is 0 Å². The lowest BCUT2D eigenvalue weighted by Crippen LogP contribution is -2.13. The molecule has 12 heteroatoms. The van der Waals surface area contributed by atoms with E-state index in [0.29, 0.717) is 56.5 Å². The summed E-state index contributed by atoms with van der Waals surface area (Å²) in [5.41, 5.74) is 3.95. The molecule has 0 atom stereocenters. The van der Waals surface area contributed by atoms with Gasteiger partial charge >= 0.3 is 23.9 Å². The fourth-order valence-corrected chi connectivity index (χ4v) is 6.98. The van der Waals surface area contributed by atoms with Crippen LogP contribution in [0.25, 0.3) is 45.0 Å². The van der Waals surface area contributed by atoms with Crippen molar-refractivity contribution >= 4 is 23.9 Å². The van der Waals surface area contributed by atoms with E-state index < -0.39 is 23.9 Å². The van der Waals surface area contributed by atoms with Gasteiger partial charge in [0.05, 0.1) is 65.4 Å². The highest BCUT2D eigenvalue weighted by molar-refractivity contribution is 6.13. The van der Waals surface area contributed by atoms with E-state index in [0.717, 1.165) is 0 Å². The van der Waals surface area contributed by atoms with Crippen molar-refractivity contribution in [2.45, 2.75) is 13.1 Å². The molecule has 0 radical (unpaired) electrons. The van der Waals surface area contributed by atoms with Gasteiger partial charge < -0.3 is 37.6 Å². The number of carbonyl (C=O) groups is 4. The van der Waals surface area contributed by atoms with E-state index in [1.165, 1.54) is 28.4 Å². The van der Waals surface area contributed by atoms with Crippen LogP contribution in [0.4, 0.5) is 0 Å². The monoisotopic (exact) mass is 756 g/mol. The summed E-state index contributed by atoms with van der Waals surface area (Å²) < 4.78 is 35.8. The zero-order chi connectivity index (χ0) is 39.9. The van der Waals surface area contributed by atoms with Crippen molar-refractivity contribution in [1.82, 2.24) is 9.13 Å². The molecule has 0 aliphatic heterocycles. The van der Waals surface area contributed by atoms with Crippen molar-refractivity contribution < 1.29 is 47.6 Å². The smallest absolute Gasteiger partial charge is 0.340 e. The molecule has 286 valence electrons. The number of aromatic nitrogens is 2. The van der Waals surface area contributed by atoms with Gasteiger partial charge in [0.2, 0.25) is 0 Å². The molecule has 0 saturated carbocycles. The summed E-state index contributed by atoms with van der Waals surface area (Å²) in [6.45, 7) is 0.178. The van der Waals surface area contributed by atoms with E-state index in [1.54, 1.807) is 62.8 Å². The number of hydrogen-bond donors (Lipinski definition) is 0. The van der Waals surface area contributed by atoms with Crippen LogP contribution in [-0.4, -0.2) is 75.7 Å². The standard InChI is InChI=1S/C44H40N2O10/c1-51-31-21-17-29(18-22-31)39-35(43(49)55-5)33(41(47)53-3)37(27-13-9-7-10-14-27)45(39)25-26-46-38(28-15-11-8-12-16-28)34(42(48)54-4)36(44(50)56-6)40(46)30-19-23-32(52-2)24-20-30/h7-24H,25-26H2,1-6H3. The largest absolute Gasteiger partial charge is 0.497 e. The van der Waals surface area contributed by atoms with Gasteiger partial charge in [0.25, 0.3) is 0 Å². The fraction of sp³-hybridized carbons (Fsp3) is 0.182. The molecule has 0 spiro atoms. The lowest BCUT2D eigenvalue weighted by atomic mass is 10.0. The third-order valence-electron chi connectivity index (χ3n) is 9.45. The zero-order valence-electron chi connectivity index (χ0n) is 31.8. The van der Waals surface area contributed by atoms with E-state index in [-0.39, 0.29) is 35.3 Å². The van der Waals surface area contributed by atoms with Crippen LogP contribution in [0.3, 0.4) is 0 Å². The van der Waals surface area contributed by atoms with Crippen LogP contribution in [0.5, 0.6) is 11.5 Å². The number of methoxy groups -OCH3 is 6. The Bertz CT molecular complexity index is 2210. The Morgan fingerprint density at radius 3 is 0.857 bits per heavy atom. The number of benzene rings is 4. The average Bonchev–Trinajstić information content (AvgIpc) is 3.78. The molecule has 0 fully saturated rings. The van der Waals surface area contributed by atoms with Gasteiger partial charge in [0.15, 0.2) is 0 Å². The van der Waals surface area contributed by atoms with Crippen molar-refractivity contribution in [2.24, 2.45) is 0 Å². The van der Waals surface area contributed by atoms with Gasteiger partial charge in [-0.3, -0.25) is 0 Å². The fourth-order valence-electron chi connectivity index (χ4n) is 6.98. The first-order valence-electron chi connectivity index (χ1n) is 17.5. The molecular weight excluding hydrogens is 716 g/mol. The normalized spacial score (nSPS) is 10.8. The quantitative estimate of drug-likeness (QED) is 0.0849. The summed E-state index contributed by atoms with van der Waals surface area (Å²) in [6.07, 6.45) is 0. The second kappa shape index (κ2) is 16.9. The first-order valence-corrected chi connectivity index (χ1v) is 17.5. The average molecular weight is 757 g/mol. The lowest BCUT2D eigenvalue weighted by Gasteiger charge is -2.19. The predicted octanol–water partition coefficient (Wildman–Crippen LogP) is 7.82. The summed E-state index contributed by atoms with van der Waals surface area (Å²) in [5.74, 6) is -1.83. The van der Waals surface area contributed by atoms with Crippen molar-refractivity contribution in [1.29, 1.82) is 0 Å². The number of ether oxygens (including phenoxy) is 6. The number of rotatable bonds is 13. The molecule has 0 bridgehead atoms. The highest BCUT2D eigenvalue weighted by Crippen LogP contribution is 2.42. The maximum absolute atomic E-state index is 13.9.